The van der Waals surface area contributed by atoms with Gasteiger partial charge in [0.15, 0.2) is 23.1 Å². The fraction of sp³-hybridized carbons (Fsp3) is 0.0769. The number of phenols is 2. The molecule has 3 nitrogen and oxygen atoms in total. The first-order valence-electron chi connectivity index (χ1n) is 5.37. The molecule has 100 valence electrons. The van der Waals surface area contributed by atoms with E-state index < -0.39 is 23.1 Å². The van der Waals surface area contributed by atoms with Crippen LogP contribution in [0.25, 0.3) is 0 Å². The Balaban J connectivity index is 2.22. The normalized spacial score (nSPS) is 10.5. The van der Waals surface area contributed by atoms with E-state index in [0.29, 0.717) is 12.1 Å². The zero-order valence-corrected chi connectivity index (χ0v) is 9.62. The van der Waals surface area contributed by atoms with Crippen molar-refractivity contribution in [3.05, 3.63) is 53.3 Å². The molecule has 0 spiro atoms. The number of halogens is 3. The van der Waals surface area contributed by atoms with Crippen LogP contribution in [0.2, 0.25) is 0 Å². The van der Waals surface area contributed by atoms with Crippen LogP contribution in [0.3, 0.4) is 0 Å². The Hall–Kier alpha value is -2.37. The maximum Gasteiger partial charge on any atom is 0.162 e. The van der Waals surface area contributed by atoms with Gasteiger partial charge in [-0.1, -0.05) is 12.1 Å². The summed E-state index contributed by atoms with van der Waals surface area (Å²) in [5.74, 6) is -3.87. The summed E-state index contributed by atoms with van der Waals surface area (Å²) in [5, 5.41) is 21.2. The molecule has 0 aliphatic rings. The maximum atomic E-state index is 13.3. The molecule has 2 aromatic carbocycles. The SMILES string of the molecule is Oc1cccc(CNc2c(F)cc(F)cc2F)c1O. The second-order valence-electron chi connectivity index (χ2n) is 3.88. The van der Waals surface area contributed by atoms with E-state index in [-0.39, 0.29) is 23.6 Å². The number of aromatic hydroxyl groups is 2. The molecule has 0 amide bonds. The number of nitrogens with one attached hydrogen (secondary N) is 1. The lowest BCUT2D eigenvalue weighted by Gasteiger charge is -2.10. The highest BCUT2D eigenvalue weighted by atomic mass is 19.1. The molecular formula is C13H10F3NO2. The Labute approximate surface area is 106 Å². The minimum absolute atomic E-state index is 0.125. The smallest absolute Gasteiger partial charge is 0.162 e. The van der Waals surface area contributed by atoms with E-state index in [9.17, 15) is 23.4 Å². The highest BCUT2D eigenvalue weighted by Crippen LogP contribution is 2.29. The highest BCUT2D eigenvalue weighted by molar-refractivity contribution is 5.50. The molecule has 3 N–H and O–H groups in total. The van der Waals surface area contributed by atoms with Crippen molar-refractivity contribution in [3.8, 4) is 11.5 Å². The third-order valence-corrected chi connectivity index (χ3v) is 2.56. The number of hydrogen-bond donors (Lipinski definition) is 3. The van der Waals surface area contributed by atoms with E-state index in [1.54, 1.807) is 0 Å². The predicted molar refractivity (Wildman–Crippen MR) is 63.4 cm³/mol. The maximum absolute atomic E-state index is 13.3. The molecule has 0 aliphatic heterocycles. The molecule has 0 fully saturated rings. The van der Waals surface area contributed by atoms with Crippen LogP contribution >= 0.6 is 0 Å². The summed E-state index contributed by atoms with van der Waals surface area (Å²) in [5.41, 5.74) is -0.243. The summed E-state index contributed by atoms with van der Waals surface area (Å²) in [4.78, 5) is 0. The second-order valence-corrected chi connectivity index (χ2v) is 3.88. The fourth-order valence-corrected chi connectivity index (χ4v) is 1.62. The van der Waals surface area contributed by atoms with Crippen LogP contribution in [0.4, 0.5) is 18.9 Å². The number of hydrogen-bond acceptors (Lipinski definition) is 3. The van der Waals surface area contributed by atoms with Crippen LogP contribution < -0.4 is 5.32 Å². The van der Waals surface area contributed by atoms with Gasteiger partial charge in [-0.25, -0.2) is 13.2 Å². The first-order chi connectivity index (χ1) is 8.99. The van der Waals surface area contributed by atoms with Crippen molar-refractivity contribution in [1.29, 1.82) is 0 Å². The summed E-state index contributed by atoms with van der Waals surface area (Å²) >= 11 is 0. The van der Waals surface area contributed by atoms with Gasteiger partial charge in [-0.05, 0) is 6.07 Å². The van der Waals surface area contributed by atoms with E-state index in [1.807, 2.05) is 0 Å². The monoisotopic (exact) mass is 269 g/mol. The Bertz CT molecular complexity index is 594. The van der Waals surface area contributed by atoms with Crippen LogP contribution in [-0.4, -0.2) is 10.2 Å². The molecule has 19 heavy (non-hydrogen) atoms. The Kier molecular flexibility index (Phi) is 3.50. The first kappa shape index (κ1) is 13.1. The molecule has 0 saturated carbocycles. The second kappa shape index (κ2) is 5.09. The molecule has 0 aromatic heterocycles. The van der Waals surface area contributed by atoms with Gasteiger partial charge in [0.1, 0.15) is 11.5 Å². The third kappa shape index (κ3) is 2.73. The van der Waals surface area contributed by atoms with Crippen LogP contribution in [0, 0.1) is 17.5 Å². The molecule has 0 saturated heterocycles. The Morgan fingerprint density at radius 3 is 2.26 bits per heavy atom. The molecule has 2 rings (SSSR count). The van der Waals surface area contributed by atoms with Gasteiger partial charge < -0.3 is 15.5 Å². The van der Waals surface area contributed by atoms with Crippen molar-refractivity contribution in [1.82, 2.24) is 0 Å². The van der Waals surface area contributed by atoms with Gasteiger partial charge in [0, 0.05) is 24.2 Å². The minimum Gasteiger partial charge on any atom is -0.504 e. The molecule has 0 unspecified atom stereocenters. The van der Waals surface area contributed by atoms with E-state index in [4.69, 9.17) is 0 Å². The lowest BCUT2D eigenvalue weighted by molar-refractivity contribution is 0.400. The molecule has 0 bridgehead atoms. The van der Waals surface area contributed by atoms with E-state index in [0.717, 1.165) is 0 Å². The van der Waals surface area contributed by atoms with Crippen LogP contribution in [-0.2, 0) is 6.54 Å². The quantitative estimate of drug-likeness (QED) is 0.750. The number of benzene rings is 2. The lowest BCUT2D eigenvalue weighted by atomic mass is 10.1. The van der Waals surface area contributed by atoms with Crippen molar-refractivity contribution in [3.63, 3.8) is 0 Å². The van der Waals surface area contributed by atoms with E-state index in [2.05, 4.69) is 5.32 Å². The summed E-state index contributed by atoms with van der Waals surface area (Å²) in [6.07, 6.45) is 0. The molecule has 0 atom stereocenters. The summed E-state index contributed by atoms with van der Waals surface area (Å²) in [6.45, 7) is -0.125. The number of phenolic OH excluding ortho intramolecular Hbond substituents is 2. The van der Waals surface area contributed by atoms with Crippen molar-refractivity contribution in [2.75, 3.05) is 5.32 Å². The van der Waals surface area contributed by atoms with Crippen LogP contribution in [0.1, 0.15) is 5.56 Å². The van der Waals surface area contributed by atoms with Crippen molar-refractivity contribution < 1.29 is 23.4 Å². The van der Waals surface area contributed by atoms with Gasteiger partial charge in [0.05, 0.1) is 0 Å². The number of para-hydroxylation sites is 1. The summed E-state index contributed by atoms with van der Waals surface area (Å²) in [6, 6.07) is 5.32. The average molecular weight is 269 g/mol. The van der Waals surface area contributed by atoms with Gasteiger partial charge >= 0.3 is 0 Å². The third-order valence-electron chi connectivity index (χ3n) is 2.56. The standard InChI is InChI=1S/C13H10F3NO2/c14-8-4-9(15)12(10(16)5-8)17-6-7-2-1-3-11(18)13(7)19/h1-5,17-19H,6H2. The molecule has 0 radical (unpaired) electrons. The Morgan fingerprint density at radius 2 is 1.63 bits per heavy atom. The largest absolute Gasteiger partial charge is 0.504 e. The van der Waals surface area contributed by atoms with Crippen molar-refractivity contribution >= 4 is 5.69 Å². The van der Waals surface area contributed by atoms with Gasteiger partial charge in [0.25, 0.3) is 0 Å². The van der Waals surface area contributed by atoms with Gasteiger partial charge in [0.2, 0.25) is 0 Å². The number of rotatable bonds is 3. The molecule has 0 heterocycles. The zero-order valence-electron chi connectivity index (χ0n) is 9.62. The van der Waals surface area contributed by atoms with E-state index >= 15 is 0 Å². The molecular weight excluding hydrogens is 259 g/mol. The Morgan fingerprint density at radius 1 is 1.00 bits per heavy atom. The van der Waals surface area contributed by atoms with Crippen molar-refractivity contribution in [2.24, 2.45) is 0 Å². The lowest BCUT2D eigenvalue weighted by Crippen LogP contribution is -2.04. The van der Waals surface area contributed by atoms with Crippen molar-refractivity contribution in [2.45, 2.75) is 6.54 Å². The first-order valence-corrected chi connectivity index (χ1v) is 5.37. The minimum atomic E-state index is -1.07. The topological polar surface area (TPSA) is 52.5 Å². The zero-order chi connectivity index (χ0) is 14.0. The predicted octanol–water partition coefficient (Wildman–Crippen LogP) is 3.13. The van der Waals surface area contributed by atoms with Gasteiger partial charge in [-0.2, -0.15) is 0 Å². The molecule has 6 heteroatoms. The molecule has 0 aliphatic carbocycles. The van der Waals surface area contributed by atoms with Gasteiger partial charge in [-0.15, -0.1) is 0 Å². The van der Waals surface area contributed by atoms with E-state index in [1.165, 1.54) is 18.2 Å². The molecule has 2 aromatic rings. The number of anilines is 1. The summed E-state index contributed by atoms with van der Waals surface area (Å²) < 4.78 is 39.4. The van der Waals surface area contributed by atoms with Gasteiger partial charge in [-0.3, -0.25) is 0 Å². The highest BCUT2D eigenvalue weighted by Gasteiger charge is 2.12. The van der Waals surface area contributed by atoms with Crippen LogP contribution in [0.15, 0.2) is 30.3 Å². The average Bonchev–Trinajstić information content (AvgIpc) is 2.33. The summed E-state index contributed by atoms with van der Waals surface area (Å²) in [7, 11) is 0. The van der Waals surface area contributed by atoms with Crippen LogP contribution in [0.5, 0.6) is 11.5 Å². The fourth-order valence-electron chi connectivity index (χ4n) is 1.62.